The van der Waals surface area contributed by atoms with Gasteiger partial charge in [0, 0.05) is 36.7 Å². The van der Waals surface area contributed by atoms with Gasteiger partial charge in [0.1, 0.15) is 94.2 Å². The number of aromatic hydroxyl groups is 6. The summed E-state index contributed by atoms with van der Waals surface area (Å²) in [5.41, 5.74) is -2.74. The molecule has 8 amide bonds. The van der Waals surface area contributed by atoms with Crippen LogP contribution >= 0.6 is 23.2 Å². The van der Waals surface area contributed by atoms with E-state index in [-0.39, 0.29) is 102 Å². The lowest BCUT2D eigenvalue weighted by molar-refractivity contribution is -0.137. The maximum Gasteiger partial charge on any atom is 0.408 e. The summed E-state index contributed by atoms with van der Waals surface area (Å²) in [6, 6.07) is 8.06. The van der Waals surface area contributed by atoms with Gasteiger partial charge in [-0.25, -0.2) is 4.79 Å². The Morgan fingerprint density at radius 2 is 1.05 bits per heavy atom. The van der Waals surface area contributed by atoms with Gasteiger partial charge in [-0.1, -0.05) is 151 Å². The second kappa shape index (κ2) is 37.6. The number of rotatable bonds is 22. The molecule has 17 bridgehead atoms. The molecule has 0 aliphatic carbocycles. The summed E-state index contributed by atoms with van der Waals surface area (Å²) in [4.78, 5) is 123. The normalized spacial score (nSPS) is 19.5. The Labute approximate surface area is 669 Å². The first kappa shape index (κ1) is 83.7. The Morgan fingerprint density at radius 1 is 0.500 bits per heavy atom. The van der Waals surface area contributed by atoms with Crippen LogP contribution in [0.15, 0.2) is 109 Å². The third-order valence-electron chi connectivity index (χ3n) is 20.2. The first-order valence-corrected chi connectivity index (χ1v) is 39.4. The third-order valence-corrected chi connectivity index (χ3v) is 20.8. The van der Waals surface area contributed by atoms with E-state index < -0.39 is 154 Å². The molecule has 1 unspecified atom stereocenters. The van der Waals surface area contributed by atoms with Crippen molar-refractivity contribution in [3.63, 3.8) is 0 Å². The number of halogens is 2. The van der Waals surface area contributed by atoms with Crippen molar-refractivity contribution in [2.45, 2.75) is 204 Å². The van der Waals surface area contributed by atoms with Crippen molar-refractivity contribution in [3.8, 4) is 80.1 Å². The summed E-state index contributed by atoms with van der Waals surface area (Å²) in [5, 5.41) is 109. The van der Waals surface area contributed by atoms with Crippen LogP contribution in [0.25, 0.3) is 11.1 Å². The molecular weight excluding hydrogens is 1510 g/mol. The Kier molecular flexibility index (Phi) is 27.6. The molecule has 7 aromatic rings. The lowest BCUT2D eigenvalue weighted by Crippen LogP contribution is -2.56. The molecule has 0 spiro atoms. The number of unbranched alkanes of at least 4 members (excludes halogenated alkanes) is 14. The predicted octanol–water partition coefficient (Wildman–Crippen LogP) is 13.0. The van der Waals surface area contributed by atoms with Crippen LogP contribution < -0.4 is 62.1 Å². The number of carbonyl (C=O) groups is 8. The fourth-order valence-electron chi connectivity index (χ4n) is 14.2. The van der Waals surface area contributed by atoms with Gasteiger partial charge in [0.05, 0.1) is 15.6 Å². The number of hydrogen-bond donors (Lipinski definition) is 16. The molecule has 16 N–H and O–H groups in total. The molecule has 6 aliphatic rings. The molecule has 6 aliphatic heterocycles. The van der Waals surface area contributed by atoms with Crippen LogP contribution in [0, 0.1) is 0 Å². The van der Waals surface area contributed by atoms with Gasteiger partial charge < -0.3 is 103 Å². The molecule has 8 atom stereocenters. The smallest absolute Gasteiger partial charge is 0.408 e. The molecule has 114 heavy (non-hydrogen) atoms. The van der Waals surface area contributed by atoms with Gasteiger partial charge in [-0.2, -0.15) is 0 Å². The highest BCUT2D eigenvalue weighted by atomic mass is 35.5. The van der Waals surface area contributed by atoms with Crippen molar-refractivity contribution in [3.05, 3.63) is 164 Å². The van der Waals surface area contributed by atoms with Crippen molar-refractivity contribution in [1.29, 1.82) is 0 Å². The number of hydrogen-bond acceptors (Lipinski definition) is 20. The number of phenols is 6. The van der Waals surface area contributed by atoms with E-state index in [1.807, 2.05) is 0 Å². The SMILES string of the molecule is CCCCCCCCCCNCc1c(O)cc2c(c1O)-c1cc(ccc1O)[C@@H]1NC(=O)[C@H]3NC(=O)[C@H]4NC(=O)[C@H](Cc5ccc(c(Cl)c5)Oc5cc3cc(c5O)Oc3ccc(cc3Cl)C(O)[C@H](NC1=O)C(=O)N[C@@H]2C(=O)NCCCCCCCCCC)NC(=O)[C@H](NC(=O)OC(C)(C)C)c1ccc(O)c(c1)Oc1cc(O)cc4c1. The first-order chi connectivity index (χ1) is 54.6. The summed E-state index contributed by atoms with van der Waals surface area (Å²) in [5.74, 6) is -13.8. The fraction of sp³-hybridized carbons (Fsp3) is 0.405. The second-order valence-electron chi connectivity index (χ2n) is 30.0. The van der Waals surface area contributed by atoms with Gasteiger partial charge >= 0.3 is 6.09 Å². The van der Waals surface area contributed by atoms with Gasteiger partial charge in [0.25, 0.3) is 0 Å². The molecular formula is C84H97Cl2N9O19. The zero-order valence-corrected chi connectivity index (χ0v) is 65.5. The van der Waals surface area contributed by atoms with Crippen LogP contribution in [-0.4, -0.2) is 114 Å². The molecule has 6 heterocycles. The van der Waals surface area contributed by atoms with Crippen molar-refractivity contribution < 1.29 is 93.0 Å². The summed E-state index contributed by atoms with van der Waals surface area (Å²) < 4.78 is 24.4. The maximum absolute atomic E-state index is 16.3. The van der Waals surface area contributed by atoms with Crippen molar-refractivity contribution >= 4 is 70.6 Å². The van der Waals surface area contributed by atoms with Gasteiger partial charge in [-0.15, -0.1) is 0 Å². The molecule has 30 heteroatoms. The number of carbonyl (C=O) groups excluding carboxylic acids is 8. The quantitative estimate of drug-likeness (QED) is 0.0280. The highest BCUT2D eigenvalue weighted by molar-refractivity contribution is 6.32. The lowest BCUT2D eigenvalue weighted by atomic mass is 9.87. The first-order valence-electron chi connectivity index (χ1n) is 38.6. The number of fused-ring (bicyclic) bond motifs is 14. The average molecular weight is 1610 g/mol. The predicted molar refractivity (Wildman–Crippen MR) is 422 cm³/mol. The fourth-order valence-corrected chi connectivity index (χ4v) is 14.7. The van der Waals surface area contributed by atoms with Crippen molar-refractivity contribution in [1.82, 2.24) is 47.9 Å². The average Bonchev–Trinajstić information content (AvgIpc) is 0.754. The number of ether oxygens (including phenoxy) is 4. The maximum atomic E-state index is 16.3. The number of amides is 8. The summed E-state index contributed by atoms with van der Waals surface area (Å²) in [7, 11) is 0. The standard InChI is InChI=1S/C84H97Cl2N9O19/c1-6-8-10-12-14-16-18-20-30-87-43-54-60(99)42-53-66(74(54)101)52-36-45(23-26-58(52)97)67-79(106)94-72(82(109)93-71(53)77(104)88-31-21-19-17-15-13-11-9-7-2)73(100)47-25-29-62(56(86)37-47)113-65-40-49-39-64(75(65)102)112-61-28-22-44(32-55(61)85)33-57-76(103)90-69(80(107)92-70(49)81(108)91-67)48-34-50(96)41-51(35-48)111-63-38-46(24-27-59(63)98)68(78(105)89-57)95-83(110)114-84(3,4)5/h22-29,32,34-42,57,67-73,87,96-102H,6-21,30-31,33,43H2,1-5H3,(H,88,104)(H,89,105)(H,90,103)(H,91,108)(H,92,107)(H,93,109)(H,94,106)(H,95,110)/t57-,67-,68+,69-,70-,71-,72-,73?/m0/s1. The number of benzene rings is 7. The molecule has 0 saturated carbocycles. The number of phenolic OH excluding ortho intramolecular Hbond substituents is 6. The molecule has 0 fully saturated rings. The van der Waals surface area contributed by atoms with Crippen LogP contribution in [0.1, 0.15) is 218 Å². The number of nitrogens with one attached hydrogen (secondary N) is 9. The summed E-state index contributed by atoms with van der Waals surface area (Å²) >= 11 is 14.1. The lowest BCUT2D eigenvalue weighted by Gasteiger charge is -2.32. The topological polar surface area (TPSA) is 423 Å². The van der Waals surface area contributed by atoms with Crippen LogP contribution in [-0.2, 0) is 51.3 Å². The largest absolute Gasteiger partial charge is 0.508 e. The monoisotopic (exact) mass is 1610 g/mol. The molecule has 13 rings (SSSR count). The number of alkyl carbamates (subject to hydrolysis) is 1. The Morgan fingerprint density at radius 3 is 1.68 bits per heavy atom. The Bertz CT molecular complexity index is 4770. The second-order valence-corrected chi connectivity index (χ2v) is 30.9. The van der Waals surface area contributed by atoms with E-state index in [0.29, 0.717) is 13.0 Å². The zero-order valence-electron chi connectivity index (χ0n) is 63.9. The highest BCUT2D eigenvalue weighted by Crippen LogP contribution is 2.50. The highest BCUT2D eigenvalue weighted by Gasteiger charge is 2.42. The van der Waals surface area contributed by atoms with Crippen molar-refractivity contribution in [2.24, 2.45) is 0 Å². The van der Waals surface area contributed by atoms with Gasteiger partial charge in [-0.3, -0.25) is 33.6 Å². The van der Waals surface area contributed by atoms with E-state index in [0.717, 1.165) is 133 Å². The van der Waals surface area contributed by atoms with E-state index in [2.05, 4.69) is 61.7 Å². The van der Waals surface area contributed by atoms with E-state index >= 15 is 28.8 Å². The van der Waals surface area contributed by atoms with E-state index in [1.54, 1.807) is 20.8 Å². The molecule has 606 valence electrons. The molecule has 0 radical (unpaired) electrons. The van der Waals surface area contributed by atoms with Crippen molar-refractivity contribution in [2.75, 3.05) is 13.1 Å². The van der Waals surface area contributed by atoms with Crippen LogP contribution in [0.4, 0.5) is 4.79 Å². The van der Waals surface area contributed by atoms with E-state index in [1.165, 1.54) is 72.8 Å². The molecule has 7 aromatic carbocycles. The van der Waals surface area contributed by atoms with Crippen LogP contribution in [0.2, 0.25) is 10.0 Å². The molecule has 0 aromatic heterocycles. The van der Waals surface area contributed by atoms with Crippen LogP contribution in [0.3, 0.4) is 0 Å². The van der Waals surface area contributed by atoms with E-state index in [4.69, 9.17) is 42.1 Å². The van der Waals surface area contributed by atoms with Gasteiger partial charge in [0.15, 0.2) is 23.0 Å². The van der Waals surface area contributed by atoms with Gasteiger partial charge in [-0.05, 0) is 158 Å². The minimum atomic E-state index is -2.21. The minimum Gasteiger partial charge on any atom is -0.508 e. The van der Waals surface area contributed by atoms with Gasteiger partial charge in [0.2, 0.25) is 47.1 Å². The molecule has 0 saturated heterocycles. The molecule has 28 nitrogen and oxygen atoms in total. The zero-order chi connectivity index (χ0) is 81.7. The summed E-state index contributed by atoms with van der Waals surface area (Å²) in [6.07, 6.45) is 12.1. The number of aliphatic hydroxyl groups excluding tert-OH is 1. The number of aliphatic hydroxyl groups is 1. The Hall–Kier alpha value is -11.2. The van der Waals surface area contributed by atoms with E-state index in [9.17, 15) is 45.3 Å². The summed E-state index contributed by atoms with van der Waals surface area (Å²) in [6.45, 7) is 9.45. The third kappa shape index (κ3) is 20.6. The Balaban J connectivity index is 1.07. The minimum absolute atomic E-state index is 0.000925. The van der Waals surface area contributed by atoms with Crippen LogP contribution in [0.5, 0.6) is 69.0 Å².